The summed E-state index contributed by atoms with van der Waals surface area (Å²) >= 11 is 0. The molecule has 0 aliphatic carbocycles. The van der Waals surface area contributed by atoms with Crippen LogP contribution in [0.2, 0.25) is 0 Å². The summed E-state index contributed by atoms with van der Waals surface area (Å²) in [5.41, 5.74) is 1.07. The molecule has 0 aliphatic rings. The van der Waals surface area contributed by atoms with Crippen LogP contribution in [0.5, 0.6) is 0 Å². The normalized spacial score (nSPS) is 10.9. The Morgan fingerprint density at radius 3 is 2.56 bits per heavy atom. The molecule has 1 heteroatoms. The van der Waals surface area contributed by atoms with Crippen LogP contribution in [0.15, 0.2) is 36.6 Å². The average Bonchev–Trinajstić information content (AvgIpc) is 1.80. The molecule has 0 spiro atoms. The first kappa shape index (κ1) is 8.02. The van der Waals surface area contributed by atoms with Crippen LogP contribution in [0.4, 0.5) is 0 Å². The zero-order chi connectivity index (χ0) is 7.11. The molecule has 0 rings (SSSR count). The van der Waals surface area contributed by atoms with E-state index in [-0.39, 0.29) is 0 Å². The highest BCUT2D eigenvalue weighted by Gasteiger charge is 1.67. The standard InChI is InChI=1S/C8H13N/c1-8(2)6-4-5-7-9-3/h4-7,9H,1H2,2-3H3/b6-4-,7-5-. The third-order valence-electron chi connectivity index (χ3n) is 0.755. The molecular weight excluding hydrogens is 110 g/mol. The van der Waals surface area contributed by atoms with E-state index in [2.05, 4.69) is 11.9 Å². The van der Waals surface area contributed by atoms with Crippen LogP contribution in [0.3, 0.4) is 0 Å². The van der Waals surface area contributed by atoms with Crippen molar-refractivity contribution >= 4 is 0 Å². The first-order chi connectivity index (χ1) is 4.27. The van der Waals surface area contributed by atoms with Crippen molar-refractivity contribution in [2.75, 3.05) is 7.05 Å². The molecule has 0 saturated heterocycles. The maximum atomic E-state index is 3.71. The summed E-state index contributed by atoms with van der Waals surface area (Å²) in [5.74, 6) is 0. The maximum Gasteiger partial charge on any atom is 0.00277 e. The van der Waals surface area contributed by atoms with Gasteiger partial charge in [-0.2, -0.15) is 0 Å². The molecule has 1 nitrogen and oxygen atoms in total. The monoisotopic (exact) mass is 123 g/mol. The molecular formula is C8H13N. The number of nitrogens with one attached hydrogen (secondary N) is 1. The minimum absolute atomic E-state index is 1.07. The Morgan fingerprint density at radius 1 is 1.44 bits per heavy atom. The minimum atomic E-state index is 1.07. The van der Waals surface area contributed by atoms with Crippen molar-refractivity contribution < 1.29 is 0 Å². The maximum absolute atomic E-state index is 3.71. The summed E-state index contributed by atoms with van der Waals surface area (Å²) < 4.78 is 0. The molecule has 0 atom stereocenters. The van der Waals surface area contributed by atoms with Crippen molar-refractivity contribution in [1.29, 1.82) is 0 Å². The van der Waals surface area contributed by atoms with Gasteiger partial charge in [-0.3, -0.25) is 0 Å². The lowest BCUT2D eigenvalue weighted by atomic mass is 10.3. The molecule has 0 unspecified atom stereocenters. The van der Waals surface area contributed by atoms with Gasteiger partial charge >= 0.3 is 0 Å². The summed E-state index contributed by atoms with van der Waals surface area (Å²) in [7, 11) is 1.87. The van der Waals surface area contributed by atoms with E-state index in [1.807, 2.05) is 38.4 Å². The van der Waals surface area contributed by atoms with Gasteiger partial charge in [0.2, 0.25) is 0 Å². The zero-order valence-corrected chi connectivity index (χ0v) is 6.02. The summed E-state index contributed by atoms with van der Waals surface area (Å²) in [5, 5.41) is 2.88. The zero-order valence-electron chi connectivity index (χ0n) is 6.02. The van der Waals surface area contributed by atoms with E-state index in [1.54, 1.807) is 0 Å². The van der Waals surface area contributed by atoms with Crippen LogP contribution in [0.1, 0.15) is 6.92 Å². The average molecular weight is 123 g/mol. The van der Waals surface area contributed by atoms with E-state index >= 15 is 0 Å². The van der Waals surface area contributed by atoms with Crippen molar-refractivity contribution in [3.63, 3.8) is 0 Å². The first-order valence-electron chi connectivity index (χ1n) is 2.93. The van der Waals surface area contributed by atoms with E-state index in [9.17, 15) is 0 Å². The topological polar surface area (TPSA) is 12.0 Å². The van der Waals surface area contributed by atoms with Crippen LogP contribution in [-0.4, -0.2) is 7.05 Å². The van der Waals surface area contributed by atoms with Gasteiger partial charge in [-0.15, -0.1) is 0 Å². The van der Waals surface area contributed by atoms with Crippen molar-refractivity contribution in [2.45, 2.75) is 6.92 Å². The molecule has 0 aromatic heterocycles. The molecule has 0 aromatic carbocycles. The van der Waals surface area contributed by atoms with Gasteiger partial charge in [0.25, 0.3) is 0 Å². The lowest BCUT2D eigenvalue weighted by Gasteiger charge is -1.81. The van der Waals surface area contributed by atoms with Crippen LogP contribution in [-0.2, 0) is 0 Å². The summed E-state index contributed by atoms with van der Waals surface area (Å²) in [6.45, 7) is 5.67. The largest absolute Gasteiger partial charge is 0.394 e. The molecule has 1 N–H and O–H groups in total. The fourth-order valence-corrected chi connectivity index (χ4v) is 0.372. The highest BCUT2D eigenvalue weighted by atomic mass is 14.8. The van der Waals surface area contributed by atoms with Gasteiger partial charge in [0.1, 0.15) is 0 Å². The van der Waals surface area contributed by atoms with Crippen LogP contribution >= 0.6 is 0 Å². The molecule has 0 aliphatic heterocycles. The van der Waals surface area contributed by atoms with Gasteiger partial charge in [0, 0.05) is 7.05 Å². The fraction of sp³-hybridized carbons (Fsp3) is 0.250. The van der Waals surface area contributed by atoms with Gasteiger partial charge in [-0.05, 0) is 19.2 Å². The van der Waals surface area contributed by atoms with Crippen molar-refractivity contribution in [3.05, 3.63) is 36.6 Å². The summed E-state index contributed by atoms with van der Waals surface area (Å²) in [6.07, 6.45) is 7.68. The Balaban J connectivity index is 3.47. The summed E-state index contributed by atoms with van der Waals surface area (Å²) in [6, 6.07) is 0. The smallest absolute Gasteiger partial charge is 0.00277 e. The third kappa shape index (κ3) is 7.02. The Labute approximate surface area is 56.8 Å². The van der Waals surface area contributed by atoms with Crippen molar-refractivity contribution in [1.82, 2.24) is 5.32 Å². The molecule has 50 valence electrons. The molecule has 0 aromatic rings. The lowest BCUT2D eigenvalue weighted by Crippen LogP contribution is -1.89. The molecule has 9 heavy (non-hydrogen) atoms. The van der Waals surface area contributed by atoms with Crippen LogP contribution < -0.4 is 5.32 Å². The number of hydrogen-bond donors (Lipinski definition) is 1. The predicted octanol–water partition coefficient (Wildman–Crippen LogP) is 1.85. The highest BCUT2D eigenvalue weighted by Crippen LogP contribution is 1.87. The van der Waals surface area contributed by atoms with Gasteiger partial charge < -0.3 is 5.32 Å². The Hall–Kier alpha value is -0.980. The van der Waals surface area contributed by atoms with Crippen molar-refractivity contribution in [2.24, 2.45) is 0 Å². The van der Waals surface area contributed by atoms with Gasteiger partial charge in [-0.1, -0.05) is 24.3 Å². The SMILES string of the molecule is C=C(C)/C=C\C=C/NC. The fourth-order valence-electron chi connectivity index (χ4n) is 0.372. The number of allylic oxidation sites excluding steroid dienone is 4. The highest BCUT2D eigenvalue weighted by molar-refractivity contribution is 5.16. The van der Waals surface area contributed by atoms with E-state index in [4.69, 9.17) is 0 Å². The van der Waals surface area contributed by atoms with Crippen molar-refractivity contribution in [3.8, 4) is 0 Å². The Morgan fingerprint density at radius 2 is 2.11 bits per heavy atom. The van der Waals surface area contributed by atoms with Crippen LogP contribution in [0.25, 0.3) is 0 Å². The van der Waals surface area contributed by atoms with E-state index in [1.165, 1.54) is 0 Å². The van der Waals surface area contributed by atoms with E-state index in [0.29, 0.717) is 0 Å². The summed E-state index contributed by atoms with van der Waals surface area (Å²) in [4.78, 5) is 0. The third-order valence-corrected chi connectivity index (χ3v) is 0.755. The van der Waals surface area contributed by atoms with Gasteiger partial charge in [0.05, 0.1) is 0 Å². The van der Waals surface area contributed by atoms with Crippen LogP contribution in [0, 0.1) is 0 Å². The lowest BCUT2D eigenvalue weighted by molar-refractivity contribution is 1.10. The van der Waals surface area contributed by atoms with Gasteiger partial charge in [0.15, 0.2) is 0 Å². The molecule has 0 saturated carbocycles. The second kappa shape index (κ2) is 5.16. The predicted molar refractivity (Wildman–Crippen MR) is 42.2 cm³/mol. The molecule has 0 bridgehead atoms. The second-order valence-corrected chi connectivity index (χ2v) is 1.85. The Kier molecular flexibility index (Phi) is 4.60. The van der Waals surface area contributed by atoms with E-state index < -0.39 is 0 Å². The quantitative estimate of drug-likeness (QED) is 0.565. The number of rotatable bonds is 3. The molecule has 0 radical (unpaired) electrons. The molecule has 0 fully saturated rings. The number of hydrogen-bond acceptors (Lipinski definition) is 1. The van der Waals surface area contributed by atoms with Gasteiger partial charge in [-0.25, -0.2) is 0 Å². The Bertz CT molecular complexity index is 132. The molecule has 0 heterocycles. The molecule has 0 amide bonds. The first-order valence-corrected chi connectivity index (χ1v) is 2.93. The van der Waals surface area contributed by atoms with E-state index in [0.717, 1.165) is 5.57 Å². The second-order valence-electron chi connectivity index (χ2n) is 1.85. The minimum Gasteiger partial charge on any atom is -0.394 e.